The molecule has 1 aliphatic heterocycles. The Morgan fingerprint density at radius 2 is 1.96 bits per heavy atom. The van der Waals surface area contributed by atoms with Crippen molar-refractivity contribution in [2.75, 3.05) is 31.5 Å². The van der Waals surface area contributed by atoms with Gasteiger partial charge in [0.25, 0.3) is 0 Å². The predicted molar refractivity (Wildman–Crippen MR) is 88.6 cm³/mol. The maximum Gasteiger partial charge on any atom is 0.321 e. The van der Waals surface area contributed by atoms with E-state index >= 15 is 0 Å². The summed E-state index contributed by atoms with van der Waals surface area (Å²) in [7, 11) is 0. The first-order chi connectivity index (χ1) is 11.1. The number of halogens is 1. The van der Waals surface area contributed by atoms with Gasteiger partial charge in [-0.2, -0.15) is 0 Å². The largest absolute Gasteiger partial charge is 0.361 e. The van der Waals surface area contributed by atoms with Crippen LogP contribution in [-0.4, -0.2) is 47.2 Å². The molecule has 122 valence electrons. The van der Waals surface area contributed by atoms with Gasteiger partial charge in [0, 0.05) is 49.5 Å². The van der Waals surface area contributed by atoms with Gasteiger partial charge in [-0.3, -0.25) is 4.90 Å². The average molecular weight is 335 g/mol. The highest BCUT2D eigenvalue weighted by atomic mass is 35.5. The van der Waals surface area contributed by atoms with Crippen molar-refractivity contribution in [3.63, 3.8) is 0 Å². The number of carbonyl (C=O) groups is 1. The number of benzene rings is 1. The summed E-state index contributed by atoms with van der Waals surface area (Å²) in [4.78, 5) is 16.3. The van der Waals surface area contributed by atoms with Gasteiger partial charge in [0.15, 0.2) is 0 Å². The molecular formula is C16H19ClN4O2. The number of aryl methyl sites for hydroxylation is 1. The standard InChI is InChI=1S/C16H19ClN4O2/c1-12-10-15(19-23-12)11-20-6-8-21(9-7-20)16(22)18-14-4-2-13(17)3-5-14/h2-5,10H,6-9,11H2,1H3,(H,18,22). The lowest BCUT2D eigenvalue weighted by atomic mass is 10.3. The number of nitrogens with zero attached hydrogens (tertiary/aromatic N) is 3. The van der Waals surface area contributed by atoms with Crippen LogP contribution < -0.4 is 5.32 Å². The van der Waals surface area contributed by atoms with Crippen LogP contribution >= 0.6 is 11.6 Å². The Morgan fingerprint density at radius 3 is 2.57 bits per heavy atom. The normalized spacial score (nSPS) is 15.7. The van der Waals surface area contributed by atoms with Crippen molar-refractivity contribution in [3.05, 3.63) is 46.8 Å². The number of hydrogen-bond donors (Lipinski definition) is 1. The molecule has 0 unspecified atom stereocenters. The highest BCUT2D eigenvalue weighted by molar-refractivity contribution is 6.30. The Labute approximate surface area is 140 Å². The van der Waals surface area contributed by atoms with E-state index in [9.17, 15) is 4.79 Å². The highest BCUT2D eigenvalue weighted by Gasteiger charge is 2.21. The lowest BCUT2D eigenvalue weighted by Crippen LogP contribution is -2.49. The molecule has 7 heteroatoms. The van der Waals surface area contributed by atoms with E-state index < -0.39 is 0 Å². The molecule has 3 rings (SSSR count). The summed E-state index contributed by atoms with van der Waals surface area (Å²) in [6.07, 6.45) is 0. The fraction of sp³-hybridized carbons (Fsp3) is 0.375. The number of urea groups is 1. The third-order valence-electron chi connectivity index (χ3n) is 3.82. The number of amides is 2. The minimum Gasteiger partial charge on any atom is -0.361 e. The zero-order valence-corrected chi connectivity index (χ0v) is 13.7. The molecule has 6 nitrogen and oxygen atoms in total. The summed E-state index contributed by atoms with van der Waals surface area (Å²) in [5.41, 5.74) is 1.68. The van der Waals surface area contributed by atoms with Gasteiger partial charge in [-0.05, 0) is 31.2 Å². The predicted octanol–water partition coefficient (Wildman–Crippen LogP) is 2.99. The molecule has 1 fully saturated rings. The molecule has 1 saturated heterocycles. The van der Waals surface area contributed by atoms with Crippen LogP contribution in [0.4, 0.5) is 10.5 Å². The summed E-state index contributed by atoms with van der Waals surface area (Å²) in [6, 6.07) is 8.97. The van der Waals surface area contributed by atoms with Gasteiger partial charge in [-0.15, -0.1) is 0 Å². The number of hydrogen-bond acceptors (Lipinski definition) is 4. The summed E-state index contributed by atoms with van der Waals surface area (Å²) >= 11 is 5.84. The van der Waals surface area contributed by atoms with Gasteiger partial charge in [-0.1, -0.05) is 16.8 Å². The summed E-state index contributed by atoms with van der Waals surface area (Å²) in [5.74, 6) is 0.820. The molecule has 1 aromatic carbocycles. The second-order valence-corrected chi connectivity index (χ2v) is 6.07. The molecule has 23 heavy (non-hydrogen) atoms. The van der Waals surface area contributed by atoms with Crippen molar-refractivity contribution in [3.8, 4) is 0 Å². The van der Waals surface area contributed by atoms with Crippen molar-refractivity contribution in [2.45, 2.75) is 13.5 Å². The maximum absolute atomic E-state index is 12.3. The summed E-state index contributed by atoms with van der Waals surface area (Å²) in [6.45, 7) is 5.66. The molecule has 0 aliphatic carbocycles. The molecule has 1 N–H and O–H groups in total. The molecule has 2 amide bonds. The van der Waals surface area contributed by atoms with Crippen LogP contribution in [0.1, 0.15) is 11.5 Å². The third-order valence-corrected chi connectivity index (χ3v) is 4.07. The van der Waals surface area contributed by atoms with E-state index in [0.717, 1.165) is 36.8 Å². The van der Waals surface area contributed by atoms with Crippen molar-refractivity contribution in [1.29, 1.82) is 0 Å². The molecule has 2 aromatic rings. The van der Waals surface area contributed by atoms with E-state index in [-0.39, 0.29) is 6.03 Å². The van der Waals surface area contributed by atoms with E-state index in [1.165, 1.54) is 0 Å². The smallest absolute Gasteiger partial charge is 0.321 e. The van der Waals surface area contributed by atoms with Crippen LogP contribution in [0.15, 0.2) is 34.9 Å². The van der Waals surface area contributed by atoms with Gasteiger partial charge >= 0.3 is 6.03 Å². The Morgan fingerprint density at radius 1 is 1.26 bits per heavy atom. The van der Waals surface area contributed by atoms with Gasteiger partial charge in [0.1, 0.15) is 5.76 Å². The monoisotopic (exact) mass is 334 g/mol. The Bertz CT molecular complexity index is 663. The lowest BCUT2D eigenvalue weighted by Gasteiger charge is -2.34. The zero-order valence-electron chi connectivity index (χ0n) is 13.0. The summed E-state index contributed by atoms with van der Waals surface area (Å²) in [5, 5.41) is 7.55. The molecule has 0 radical (unpaired) electrons. The molecular weight excluding hydrogens is 316 g/mol. The van der Waals surface area contributed by atoms with Crippen LogP contribution in [0, 0.1) is 6.92 Å². The third kappa shape index (κ3) is 4.24. The average Bonchev–Trinajstić information content (AvgIpc) is 2.95. The number of nitrogens with one attached hydrogen (secondary N) is 1. The van der Waals surface area contributed by atoms with Gasteiger partial charge in [-0.25, -0.2) is 4.79 Å². The van der Waals surface area contributed by atoms with Crippen LogP contribution in [0.3, 0.4) is 0 Å². The van der Waals surface area contributed by atoms with E-state index in [0.29, 0.717) is 18.1 Å². The second-order valence-electron chi connectivity index (χ2n) is 5.63. The fourth-order valence-corrected chi connectivity index (χ4v) is 2.69. The zero-order chi connectivity index (χ0) is 16.2. The lowest BCUT2D eigenvalue weighted by molar-refractivity contribution is 0.141. The van der Waals surface area contributed by atoms with Crippen molar-refractivity contribution in [2.24, 2.45) is 0 Å². The maximum atomic E-state index is 12.3. The highest BCUT2D eigenvalue weighted by Crippen LogP contribution is 2.15. The molecule has 0 bridgehead atoms. The Hall–Kier alpha value is -2.05. The molecule has 0 saturated carbocycles. The topological polar surface area (TPSA) is 61.6 Å². The van der Waals surface area contributed by atoms with Crippen molar-refractivity contribution < 1.29 is 9.32 Å². The first kappa shape index (κ1) is 15.8. The number of rotatable bonds is 3. The Kier molecular flexibility index (Phi) is 4.83. The van der Waals surface area contributed by atoms with Crippen LogP contribution in [0.2, 0.25) is 5.02 Å². The van der Waals surface area contributed by atoms with Crippen LogP contribution in [0.5, 0.6) is 0 Å². The van der Waals surface area contributed by atoms with E-state index in [4.69, 9.17) is 16.1 Å². The molecule has 1 aromatic heterocycles. The summed E-state index contributed by atoms with van der Waals surface area (Å²) < 4.78 is 5.08. The van der Waals surface area contributed by atoms with E-state index in [1.807, 2.05) is 17.9 Å². The van der Waals surface area contributed by atoms with Crippen LogP contribution in [0.25, 0.3) is 0 Å². The van der Waals surface area contributed by atoms with Gasteiger partial charge < -0.3 is 14.7 Å². The fourth-order valence-electron chi connectivity index (χ4n) is 2.57. The molecule has 0 atom stereocenters. The van der Waals surface area contributed by atoms with Crippen molar-refractivity contribution in [1.82, 2.24) is 15.0 Å². The molecule has 1 aliphatic rings. The number of anilines is 1. The van der Waals surface area contributed by atoms with Gasteiger partial charge in [0.2, 0.25) is 0 Å². The van der Waals surface area contributed by atoms with Crippen LogP contribution in [-0.2, 0) is 6.54 Å². The minimum atomic E-state index is -0.0794. The minimum absolute atomic E-state index is 0.0794. The van der Waals surface area contributed by atoms with Crippen molar-refractivity contribution >= 4 is 23.3 Å². The molecule has 2 heterocycles. The van der Waals surface area contributed by atoms with E-state index in [2.05, 4.69) is 15.4 Å². The van der Waals surface area contributed by atoms with Gasteiger partial charge in [0.05, 0.1) is 5.69 Å². The molecule has 0 spiro atoms. The number of aromatic nitrogens is 1. The number of carbonyl (C=O) groups excluding carboxylic acids is 1. The van der Waals surface area contributed by atoms with E-state index in [1.54, 1.807) is 24.3 Å². The first-order valence-electron chi connectivity index (χ1n) is 7.56. The number of piperazine rings is 1. The SMILES string of the molecule is Cc1cc(CN2CCN(C(=O)Nc3ccc(Cl)cc3)CC2)no1. The second kappa shape index (κ2) is 7.02. The Balaban J connectivity index is 1.48. The first-order valence-corrected chi connectivity index (χ1v) is 7.94. The quantitative estimate of drug-likeness (QED) is 0.937.